The molecule has 10 aromatic carbocycles. The van der Waals surface area contributed by atoms with Crippen molar-refractivity contribution in [1.82, 2.24) is 49.5 Å². The molecule has 0 spiro atoms. The fourth-order valence-corrected chi connectivity index (χ4v) is 16.3. The number of rotatable bonds is 10. The van der Waals surface area contributed by atoms with E-state index in [2.05, 4.69) is 328 Å². The molecular formula is C116H96F4N12Pt4. The van der Waals surface area contributed by atoms with Crippen LogP contribution in [-0.2, 0) is 117 Å². The van der Waals surface area contributed by atoms with Crippen LogP contribution in [0, 0.1) is 71.8 Å². The Hall–Kier alpha value is -12.4. The largest absolute Gasteiger partial charge is 2.00 e. The van der Waals surface area contributed by atoms with Gasteiger partial charge in [0.25, 0.3) is 0 Å². The molecule has 0 amide bonds. The Bertz CT molecular complexity index is 6740. The second-order valence-corrected chi connectivity index (χ2v) is 36.9. The fourth-order valence-electron chi connectivity index (χ4n) is 16.3. The molecule has 2 aliphatic heterocycles. The molecule has 688 valence electrons. The average Bonchev–Trinajstić information content (AvgIpc) is 0.826. The number of hydrogen-bond acceptors (Lipinski definition) is 10. The molecule has 20 heteroatoms. The summed E-state index contributed by atoms with van der Waals surface area (Å²) in [5, 5.41) is 8.66. The van der Waals surface area contributed by atoms with Gasteiger partial charge < -0.3 is 39.7 Å². The summed E-state index contributed by atoms with van der Waals surface area (Å²) in [6, 6.07) is 121. The van der Waals surface area contributed by atoms with Crippen molar-refractivity contribution in [2.24, 2.45) is 0 Å². The van der Waals surface area contributed by atoms with Crippen LogP contribution in [0.15, 0.2) is 328 Å². The van der Waals surface area contributed by atoms with Crippen LogP contribution < -0.4 is 9.80 Å². The van der Waals surface area contributed by atoms with E-state index < -0.39 is 34.1 Å². The van der Waals surface area contributed by atoms with Gasteiger partial charge in [0.2, 0.25) is 0 Å². The first-order chi connectivity index (χ1) is 63.3. The molecule has 8 aromatic heterocycles. The zero-order valence-electron chi connectivity index (χ0n) is 77.3. The topological polar surface area (TPSA) is 119 Å². The summed E-state index contributed by atoms with van der Waals surface area (Å²) in [6.07, 6.45) is 11.1. The smallest absolute Gasteiger partial charge is 0.358 e. The van der Waals surface area contributed by atoms with Gasteiger partial charge in [-0.05, 0) is 171 Å². The summed E-state index contributed by atoms with van der Waals surface area (Å²) in [5.41, 5.74) is 20.7. The van der Waals surface area contributed by atoms with Gasteiger partial charge in [0.15, 0.2) is 0 Å². The van der Waals surface area contributed by atoms with Gasteiger partial charge in [-0.15, -0.1) is 179 Å². The number of para-hydroxylation sites is 2. The van der Waals surface area contributed by atoms with Crippen molar-refractivity contribution < 1.29 is 102 Å². The van der Waals surface area contributed by atoms with Crippen LogP contribution in [-0.4, -0.2) is 49.5 Å². The molecular weight excluding hydrogens is 2420 g/mol. The van der Waals surface area contributed by atoms with E-state index in [1.807, 2.05) is 111 Å². The minimum Gasteiger partial charge on any atom is -0.358 e. The summed E-state index contributed by atoms with van der Waals surface area (Å²) in [7, 11) is 0. The van der Waals surface area contributed by atoms with E-state index in [0.29, 0.717) is 11.4 Å². The van der Waals surface area contributed by atoms with Gasteiger partial charge in [-0.2, -0.15) is 22.3 Å². The number of aromatic nitrogens is 10. The molecule has 0 fully saturated rings. The maximum Gasteiger partial charge on any atom is 2.00 e. The second-order valence-electron chi connectivity index (χ2n) is 36.9. The van der Waals surface area contributed by atoms with E-state index in [-0.39, 0.29) is 140 Å². The first kappa shape index (κ1) is 101. The molecule has 12 nitrogen and oxygen atoms in total. The number of anilines is 6. The van der Waals surface area contributed by atoms with Crippen molar-refractivity contribution in [2.45, 2.75) is 129 Å². The van der Waals surface area contributed by atoms with Crippen LogP contribution in [0.4, 0.5) is 51.7 Å². The summed E-state index contributed by atoms with van der Waals surface area (Å²) in [6.45, 7) is 29.0. The van der Waals surface area contributed by atoms with Gasteiger partial charge in [-0.3, -0.25) is 26.9 Å². The molecule has 16 bridgehead atoms. The molecule has 18 aromatic rings. The Morgan fingerprint density at radius 2 is 0.603 bits per heavy atom. The minimum absolute atomic E-state index is 0. The van der Waals surface area contributed by atoms with E-state index >= 15 is 8.78 Å². The van der Waals surface area contributed by atoms with Crippen molar-refractivity contribution in [3.63, 3.8) is 0 Å². The minimum atomic E-state index is -1.36. The number of halogens is 4. The Kier molecular flexibility index (Phi) is 31.2. The fraction of sp³-hybridized carbons (Fsp3) is 0.172. The summed E-state index contributed by atoms with van der Waals surface area (Å²) in [5.74, 6) is -3.46. The zero-order chi connectivity index (χ0) is 92.4. The summed E-state index contributed by atoms with van der Waals surface area (Å²) in [4.78, 5) is 33.1. The first-order valence-corrected chi connectivity index (χ1v) is 43.9. The molecule has 0 N–H and O–H groups in total. The molecule has 20 rings (SSSR count). The van der Waals surface area contributed by atoms with E-state index in [4.69, 9.17) is 9.97 Å². The Morgan fingerprint density at radius 1 is 0.279 bits per heavy atom. The molecule has 2 aliphatic rings. The molecule has 0 atom stereocenters. The van der Waals surface area contributed by atoms with E-state index in [9.17, 15) is 8.78 Å². The molecule has 0 aliphatic carbocycles. The van der Waals surface area contributed by atoms with Gasteiger partial charge >= 0.3 is 84.3 Å². The van der Waals surface area contributed by atoms with Crippen molar-refractivity contribution >= 4 is 34.1 Å². The normalized spacial score (nSPS) is 13.1. The Morgan fingerprint density at radius 3 is 0.963 bits per heavy atom. The molecule has 0 saturated carbocycles. The number of pyridine rings is 6. The maximum absolute atomic E-state index is 15.1. The third-order valence-corrected chi connectivity index (χ3v) is 24.2. The van der Waals surface area contributed by atoms with Crippen molar-refractivity contribution in [3.05, 3.63) is 456 Å². The standard InChI is InChI=1S/C36H35N3.C28H20F4N2.C28H24N2.C24H17N5.4Pt/c1-35(2,3)28-18-20-37-33(24-28)26-12-10-16-31(22-26)39(30-14-8-7-9-15-30)32-17-11-13-27(23-32)34-25-29(19-21-38-34)36(4,5)6;1-27(2)17-11-15(19(29)13-21(17)31)23-7-5-9-25(33-23)28(3,4)26-10-6-8-24(34-26)16-12-18(27)22(32)14-20(16)30;1-27(2)21-11-5-9-19(17-21)24-14-8-16-26(30-24)28(3,4)22-12-6-10-20(18-22)23-13-7-15-25(27)29-23;1-2-8-20(9-3-1)29(23-12-4-10-21(18-23)27-16-6-14-25-27)24-13-5-11-22(19-24)28-17-7-15-26-28;;;;/h7-21,24-25H,1-6H3;5-10,13-14H,1-4H3;5-16H,1-4H3;1-17H;;;;/q4*-2;4*+2. The predicted molar refractivity (Wildman–Crippen MR) is 518 cm³/mol. The average molecular weight is 2510 g/mol. The monoisotopic (exact) mass is 2510 g/mol. The van der Waals surface area contributed by atoms with Crippen LogP contribution in [0.5, 0.6) is 0 Å². The number of hydrogen-bond donors (Lipinski definition) is 0. The van der Waals surface area contributed by atoms with Crippen LogP contribution in [0.25, 0.3) is 78.9 Å². The number of fused-ring (bicyclic) bond motifs is 20. The van der Waals surface area contributed by atoms with Crippen LogP contribution in [0.1, 0.15) is 153 Å². The third kappa shape index (κ3) is 21.7. The van der Waals surface area contributed by atoms with Gasteiger partial charge in [0.05, 0.1) is 0 Å². The van der Waals surface area contributed by atoms with Gasteiger partial charge in [0, 0.05) is 111 Å². The van der Waals surface area contributed by atoms with Gasteiger partial charge in [-0.25, -0.2) is 0 Å². The molecule has 136 heavy (non-hydrogen) atoms. The van der Waals surface area contributed by atoms with Crippen LogP contribution in [0.3, 0.4) is 0 Å². The Labute approximate surface area is 852 Å². The molecule has 10 heterocycles. The molecule has 0 radical (unpaired) electrons. The first-order valence-electron chi connectivity index (χ1n) is 43.9. The SMILES string of the molecule is CC(C)(C)c1ccnc(-c2[c-]c(N(c3[c-]c(-c4cc(C(C)(C)C)ccn4)ccc3)c3ccccc3)ccc2)c1.CC1(C)c2[c-]c(ccc2)-c2cccc(n2)C(C)(C)c2[c-]c(ccc2)-c2cccc1n2.CC1(C)c2cccc(n2)-c2[c-]c(c(F)cc2F)C(C)(C)c2[c-]c(c(F)cc2F)-c2cccc1n2.[Pt+2].[Pt+2].[Pt+2].[Pt+2].[c-]1c(N(c2[c-]c(-n3cccn3)ccc2)c2ccccc2)cccc1-n1cccn1. The summed E-state index contributed by atoms with van der Waals surface area (Å²) < 4.78 is 63.6. The Balaban J connectivity index is 0.000000153. The van der Waals surface area contributed by atoms with Gasteiger partial charge in [0.1, 0.15) is 0 Å². The zero-order valence-corrected chi connectivity index (χ0v) is 86.4. The number of nitrogens with zero attached hydrogens (tertiary/aromatic N) is 12. The predicted octanol–water partition coefficient (Wildman–Crippen LogP) is 27.9. The van der Waals surface area contributed by atoms with Crippen LogP contribution in [0.2, 0.25) is 0 Å². The summed E-state index contributed by atoms with van der Waals surface area (Å²) >= 11 is 0. The van der Waals surface area contributed by atoms with Gasteiger partial charge in [-0.1, -0.05) is 226 Å². The molecule has 0 saturated heterocycles. The van der Waals surface area contributed by atoms with Crippen molar-refractivity contribution in [3.8, 4) is 78.9 Å². The van der Waals surface area contributed by atoms with E-state index in [0.717, 1.165) is 125 Å². The van der Waals surface area contributed by atoms with Crippen LogP contribution >= 0.6 is 0 Å². The molecule has 0 unspecified atom stereocenters. The maximum atomic E-state index is 15.1. The quantitative estimate of drug-likeness (QED) is 0.0967. The third-order valence-electron chi connectivity index (χ3n) is 24.2. The van der Waals surface area contributed by atoms with E-state index in [1.54, 1.807) is 72.0 Å². The van der Waals surface area contributed by atoms with Crippen molar-refractivity contribution in [1.29, 1.82) is 0 Å². The number of benzene rings is 10. The van der Waals surface area contributed by atoms with Crippen molar-refractivity contribution in [2.75, 3.05) is 9.80 Å². The van der Waals surface area contributed by atoms with E-state index in [1.165, 1.54) is 11.1 Å². The second kappa shape index (κ2) is 42.1.